The number of hydrogen-bond donors (Lipinski definition) is 0. The van der Waals surface area contributed by atoms with Crippen molar-refractivity contribution in [2.45, 2.75) is 19.8 Å². The van der Waals surface area contributed by atoms with Crippen LogP contribution >= 0.6 is 22.6 Å². The van der Waals surface area contributed by atoms with Crippen LogP contribution in [0.1, 0.15) is 36.5 Å². The van der Waals surface area contributed by atoms with Gasteiger partial charge in [-0.05, 0) is 70.0 Å². The van der Waals surface area contributed by atoms with Crippen molar-refractivity contribution in [2.24, 2.45) is 4.99 Å². The average molecular weight is 417 g/mol. The van der Waals surface area contributed by atoms with Crippen molar-refractivity contribution >= 4 is 40.5 Å². The number of benzene rings is 2. The summed E-state index contributed by atoms with van der Waals surface area (Å²) in [7, 11) is 0. The van der Waals surface area contributed by atoms with Crippen molar-refractivity contribution in [3.05, 3.63) is 74.5 Å². The lowest BCUT2D eigenvalue weighted by molar-refractivity contribution is -0.129. The van der Waals surface area contributed by atoms with Gasteiger partial charge in [0, 0.05) is 9.13 Å². The van der Waals surface area contributed by atoms with Crippen LogP contribution in [0.4, 0.5) is 0 Å². The number of nitrogens with zero attached hydrogens (tertiary/aromatic N) is 1. The van der Waals surface area contributed by atoms with E-state index in [1.807, 2.05) is 36.4 Å². The van der Waals surface area contributed by atoms with Gasteiger partial charge in [0.15, 0.2) is 5.70 Å². The summed E-state index contributed by atoms with van der Waals surface area (Å²) in [5.41, 5.74) is 3.34. The van der Waals surface area contributed by atoms with E-state index in [0.717, 1.165) is 14.7 Å². The van der Waals surface area contributed by atoms with Gasteiger partial charge in [0.2, 0.25) is 5.90 Å². The predicted molar refractivity (Wildman–Crippen MR) is 100 cm³/mol. The number of carbonyl (C=O) groups is 1. The zero-order valence-electron chi connectivity index (χ0n) is 12.9. The fraction of sp³-hybridized carbons (Fsp3) is 0.158. The van der Waals surface area contributed by atoms with Crippen LogP contribution < -0.4 is 0 Å². The Labute approximate surface area is 149 Å². The van der Waals surface area contributed by atoms with E-state index in [4.69, 9.17) is 4.74 Å². The van der Waals surface area contributed by atoms with E-state index in [9.17, 15) is 4.79 Å². The maximum Gasteiger partial charge on any atom is 0.363 e. The van der Waals surface area contributed by atoms with Gasteiger partial charge in [-0.25, -0.2) is 9.79 Å². The van der Waals surface area contributed by atoms with E-state index < -0.39 is 5.97 Å². The number of esters is 1. The lowest BCUT2D eigenvalue weighted by atomic mass is 10.0. The highest BCUT2D eigenvalue weighted by molar-refractivity contribution is 14.1. The molecule has 0 radical (unpaired) electrons. The number of halogens is 1. The molecule has 116 valence electrons. The Bertz CT molecular complexity index is 787. The third-order valence-electron chi connectivity index (χ3n) is 3.62. The molecule has 4 heteroatoms. The van der Waals surface area contributed by atoms with Crippen LogP contribution in [-0.2, 0) is 9.53 Å². The first kappa shape index (κ1) is 15.9. The van der Waals surface area contributed by atoms with Crippen molar-refractivity contribution in [3.63, 3.8) is 0 Å². The van der Waals surface area contributed by atoms with Gasteiger partial charge in [0.25, 0.3) is 0 Å². The Hall–Kier alpha value is -1.95. The molecule has 0 spiro atoms. The van der Waals surface area contributed by atoms with Gasteiger partial charge in [0.05, 0.1) is 0 Å². The molecule has 0 unspecified atom stereocenters. The molecule has 0 aliphatic carbocycles. The van der Waals surface area contributed by atoms with Crippen LogP contribution in [-0.4, -0.2) is 11.9 Å². The summed E-state index contributed by atoms with van der Waals surface area (Å²) >= 11 is 2.23. The van der Waals surface area contributed by atoms with Crippen molar-refractivity contribution in [3.8, 4) is 0 Å². The molecule has 1 aliphatic heterocycles. The molecule has 0 amide bonds. The molecular formula is C19H16INO2. The molecule has 1 heterocycles. The van der Waals surface area contributed by atoms with E-state index in [-0.39, 0.29) is 0 Å². The highest BCUT2D eigenvalue weighted by atomic mass is 127. The fourth-order valence-corrected chi connectivity index (χ4v) is 2.62. The van der Waals surface area contributed by atoms with Crippen LogP contribution in [0.5, 0.6) is 0 Å². The summed E-state index contributed by atoms with van der Waals surface area (Å²) in [6.07, 6.45) is 1.76. The van der Waals surface area contributed by atoms with E-state index in [1.54, 1.807) is 6.08 Å². The molecule has 1 aliphatic rings. The Balaban J connectivity index is 1.87. The number of rotatable bonds is 3. The summed E-state index contributed by atoms with van der Waals surface area (Å²) in [5, 5.41) is 0. The second-order valence-corrected chi connectivity index (χ2v) is 6.91. The minimum absolute atomic E-state index is 0.329. The first-order valence-electron chi connectivity index (χ1n) is 7.41. The highest BCUT2D eigenvalue weighted by Gasteiger charge is 2.23. The molecule has 3 nitrogen and oxygen atoms in total. The SMILES string of the molecule is CC(C)c1ccc(C=C2N=C(c3ccc(I)cc3)OC2=O)cc1. The number of ether oxygens (including phenoxy) is 1. The first-order valence-corrected chi connectivity index (χ1v) is 8.49. The third-order valence-corrected chi connectivity index (χ3v) is 4.34. The smallest absolute Gasteiger partial charge is 0.363 e. The highest BCUT2D eigenvalue weighted by Crippen LogP contribution is 2.21. The van der Waals surface area contributed by atoms with Gasteiger partial charge in [-0.1, -0.05) is 38.1 Å². The second kappa shape index (κ2) is 6.66. The number of carbonyl (C=O) groups excluding carboxylic acids is 1. The summed E-state index contributed by atoms with van der Waals surface area (Å²) in [5.74, 6) is 0.432. The zero-order chi connectivity index (χ0) is 16.4. The minimum Gasteiger partial charge on any atom is -0.402 e. The number of cyclic esters (lactones) is 1. The van der Waals surface area contributed by atoms with Crippen LogP contribution in [0.2, 0.25) is 0 Å². The molecule has 0 fully saturated rings. The van der Waals surface area contributed by atoms with Crippen molar-refractivity contribution in [1.29, 1.82) is 0 Å². The van der Waals surface area contributed by atoms with Gasteiger partial charge in [-0.15, -0.1) is 0 Å². The van der Waals surface area contributed by atoms with E-state index >= 15 is 0 Å². The molecule has 0 saturated heterocycles. The van der Waals surface area contributed by atoms with E-state index in [0.29, 0.717) is 17.5 Å². The molecule has 0 aromatic heterocycles. The molecule has 0 saturated carbocycles. The molecular weight excluding hydrogens is 401 g/mol. The largest absolute Gasteiger partial charge is 0.402 e. The monoisotopic (exact) mass is 417 g/mol. The van der Waals surface area contributed by atoms with Crippen molar-refractivity contribution in [2.75, 3.05) is 0 Å². The molecule has 2 aromatic rings. The van der Waals surface area contributed by atoms with Crippen LogP contribution in [0.3, 0.4) is 0 Å². The Morgan fingerprint density at radius 2 is 1.70 bits per heavy atom. The first-order chi connectivity index (χ1) is 11.0. The number of hydrogen-bond acceptors (Lipinski definition) is 3. The molecule has 2 aromatic carbocycles. The van der Waals surface area contributed by atoms with E-state index in [2.05, 4.69) is 53.6 Å². The predicted octanol–water partition coefficient (Wildman–Crippen LogP) is 4.76. The summed E-state index contributed by atoms with van der Waals surface area (Å²) in [6.45, 7) is 4.30. The quantitative estimate of drug-likeness (QED) is 0.411. The van der Waals surface area contributed by atoms with Gasteiger partial charge < -0.3 is 4.74 Å². The zero-order valence-corrected chi connectivity index (χ0v) is 15.1. The van der Waals surface area contributed by atoms with Gasteiger partial charge in [-0.3, -0.25) is 0 Å². The standard InChI is InChI=1S/C19H16INO2/c1-12(2)14-5-3-13(4-6-14)11-17-19(22)23-18(21-17)15-7-9-16(20)10-8-15/h3-12H,1-2H3. The second-order valence-electron chi connectivity index (χ2n) is 5.66. The summed E-state index contributed by atoms with van der Waals surface area (Å²) in [4.78, 5) is 16.3. The normalized spacial score (nSPS) is 15.9. The lowest BCUT2D eigenvalue weighted by Crippen LogP contribution is -2.05. The van der Waals surface area contributed by atoms with Gasteiger partial charge in [-0.2, -0.15) is 0 Å². The molecule has 0 atom stereocenters. The maximum absolute atomic E-state index is 12.0. The summed E-state index contributed by atoms with van der Waals surface area (Å²) < 4.78 is 6.40. The van der Waals surface area contributed by atoms with Gasteiger partial charge in [0.1, 0.15) is 0 Å². The minimum atomic E-state index is -0.411. The topological polar surface area (TPSA) is 38.7 Å². The lowest BCUT2D eigenvalue weighted by Gasteiger charge is -2.04. The molecule has 0 N–H and O–H groups in total. The molecule has 0 bridgehead atoms. The maximum atomic E-state index is 12.0. The van der Waals surface area contributed by atoms with Crippen LogP contribution in [0.15, 0.2) is 59.2 Å². The molecule has 23 heavy (non-hydrogen) atoms. The summed E-state index contributed by atoms with van der Waals surface area (Å²) in [6, 6.07) is 15.8. The van der Waals surface area contributed by atoms with Crippen LogP contribution in [0.25, 0.3) is 6.08 Å². The van der Waals surface area contributed by atoms with Crippen molar-refractivity contribution < 1.29 is 9.53 Å². The average Bonchev–Trinajstić information content (AvgIpc) is 2.89. The van der Waals surface area contributed by atoms with Crippen molar-refractivity contribution in [1.82, 2.24) is 0 Å². The van der Waals surface area contributed by atoms with Crippen LogP contribution in [0, 0.1) is 3.57 Å². The van der Waals surface area contributed by atoms with Gasteiger partial charge >= 0.3 is 5.97 Å². The molecule has 3 rings (SSSR count). The Morgan fingerprint density at radius 1 is 1.04 bits per heavy atom. The Kier molecular flexibility index (Phi) is 4.61. The Morgan fingerprint density at radius 3 is 2.30 bits per heavy atom. The fourth-order valence-electron chi connectivity index (χ4n) is 2.26. The van der Waals surface area contributed by atoms with E-state index in [1.165, 1.54) is 5.56 Å². The number of aliphatic imine (C=N–C) groups is 1. The third kappa shape index (κ3) is 3.69.